The molecule has 2 heterocycles. The van der Waals surface area contributed by atoms with Crippen molar-refractivity contribution in [3.05, 3.63) is 30.0 Å². The number of thioether (sulfide) groups is 1. The van der Waals surface area contributed by atoms with Crippen molar-refractivity contribution in [3.8, 4) is 5.75 Å². The van der Waals surface area contributed by atoms with Crippen LogP contribution in [0.4, 0.5) is 5.82 Å². The number of nitrogens with one attached hydrogen (secondary N) is 2. The van der Waals surface area contributed by atoms with E-state index >= 15 is 0 Å². The number of H-pyrrole nitrogens is 1. The number of hydrogen-bond donors (Lipinski definition) is 2. The second-order valence-corrected chi connectivity index (χ2v) is 6.21. The van der Waals surface area contributed by atoms with E-state index in [2.05, 4.69) is 20.4 Å². The van der Waals surface area contributed by atoms with Crippen LogP contribution < -0.4 is 10.1 Å². The molecule has 0 saturated heterocycles. The molecule has 0 spiro atoms. The molecule has 7 nitrogen and oxygen atoms in total. The summed E-state index contributed by atoms with van der Waals surface area (Å²) in [6.07, 6.45) is 0.359. The molecule has 0 aliphatic rings. The number of carbonyl (C=O) groups is 1. The topological polar surface area (TPSA) is 93.0 Å². The summed E-state index contributed by atoms with van der Waals surface area (Å²) in [4.78, 5) is 19.6. The van der Waals surface area contributed by atoms with E-state index in [0.717, 1.165) is 21.9 Å². The van der Waals surface area contributed by atoms with E-state index in [9.17, 15) is 4.79 Å². The van der Waals surface area contributed by atoms with E-state index in [1.807, 2.05) is 25.1 Å². The van der Waals surface area contributed by atoms with Crippen LogP contribution in [0.2, 0.25) is 0 Å². The van der Waals surface area contributed by atoms with Crippen molar-refractivity contribution >= 4 is 34.5 Å². The summed E-state index contributed by atoms with van der Waals surface area (Å²) in [5.41, 5.74) is 1.80. The van der Waals surface area contributed by atoms with Crippen LogP contribution in [-0.2, 0) is 4.79 Å². The highest BCUT2D eigenvalue weighted by Crippen LogP contribution is 2.23. The van der Waals surface area contributed by atoms with Crippen LogP contribution in [0.25, 0.3) is 11.0 Å². The molecule has 3 rings (SSSR count). The molecule has 3 aromatic rings. The Kier molecular flexibility index (Phi) is 5.05. The second kappa shape index (κ2) is 7.39. The molecule has 2 N–H and O–H groups in total. The van der Waals surface area contributed by atoms with Gasteiger partial charge in [-0.15, -0.1) is 0 Å². The van der Waals surface area contributed by atoms with Crippen molar-refractivity contribution in [1.29, 1.82) is 0 Å². The second-order valence-electron chi connectivity index (χ2n) is 5.12. The van der Waals surface area contributed by atoms with E-state index in [0.29, 0.717) is 30.4 Å². The summed E-state index contributed by atoms with van der Waals surface area (Å²) < 4.78 is 10.4. The third-order valence-electron chi connectivity index (χ3n) is 3.21. The van der Waals surface area contributed by atoms with Gasteiger partial charge in [0.2, 0.25) is 5.91 Å². The zero-order chi connectivity index (χ0) is 16.9. The first-order valence-corrected chi connectivity index (χ1v) is 8.61. The Morgan fingerprint density at radius 1 is 1.42 bits per heavy atom. The Bertz CT molecular complexity index is 843. The highest BCUT2D eigenvalue weighted by molar-refractivity contribution is 7.99. The summed E-state index contributed by atoms with van der Waals surface area (Å²) in [7, 11) is 0. The standard InChI is InChI=1S/C16H18N4O3S/c1-3-22-11-4-5-12-13(9-11)18-16(17-12)24-7-6-15(21)19-14-8-10(2)23-20-14/h4-5,8-9H,3,6-7H2,1-2H3,(H,17,18)(H,19,20,21). The molecule has 8 heteroatoms. The van der Waals surface area contributed by atoms with Crippen molar-refractivity contribution in [1.82, 2.24) is 15.1 Å². The lowest BCUT2D eigenvalue weighted by Gasteiger charge is -2.00. The molecule has 2 aromatic heterocycles. The van der Waals surface area contributed by atoms with Gasteiger partial charge in [0.1, 0.15) is 11.5 Å². The first-order chi connectivity index (χ1) is 11.6. The number of aromatic amines is 1. The number of hydrogen-bond acceptors (Lipinski definition) is 6. The molecule has 0 bridgehead atoms. The number of benzene rings is 1. The number of aryl methyl sites for hydroxylation is 1. The zero-order valence-electron chi connectivity index (χ0n) is 13.5. The summed E-state index contributed by atoms with van der Waals surface area (Å²) in [5.74, 6) is 2.42. The Morgan fingerprint density at radius 2 is 2.29 bits per heavy atom. The average Bonchev–Trinajstić information content (AvgIpc) is 3.13. The molecule has 1 amide bonds. The maximum atomic E-state index is 11.8. The third kappa shape index (κ3) is 4.08. The van der Waals surface area contributed by atoms with Gasteiger partial charge in [-0.05, 0) is 26.0 Å². The summed E-state index contributed by atoms with van der Waals surface area (Å²) in [5, 5.41) is 7.20. The summed E-state index contributed by atoms with van der Waals surface area (Å²) in [6.45, 7) is 4.35. The quantitative estimate of drug-likeness (QED) is 0.637. The third-order valence-corrected chi connectivity index (χ3v) is 4.08. The lowest BCUT2D eigenvalue weighted by atomic mass is 10.3. The fourth-order valence-corrected chi connectivity index (χ4v) is 2.99. The summed E-state index contributed by atoms with van der Waals surface area (Å²) in [6, 6.07) is 7.42. The minimum absolute atomic E-state index is 0.106. The first-order valence-electron chi connectivity index (χ1n) is 7.62. The van der Waals surface area contributed by atoms with Gasteiger partial charge in [-0.3, -0.25) is 4.79 Å². The van der Waals surface area contributed by atoms with Crippen LogP contribution in [0.3, 0.4) is 0 Å². The zero-order valence-corrected chi connectivity index (χ0v) is 14.3. The van der Waals surface area contributed by atoms with Gasteiger partial charge in [0, 0.05) is 24.3 Å². The number of imidazole rings is 1. The van der Waals surface area contributed by atoms with Gasteiger partial charge in [-0.25, -0.2) is 4.98 Å². The molecule has 0 aliphatic carbocycles. The first kappa shape index (κ1) is 16.4. The monoisotopic (exact) mass is 346 g/mol. The van der Waals surface area contributed by atoms with E-state index in [-0.39, 0.29) is 5.91 Å². The molecule has 0 atom stereocenters. The molecule has 0 saturated carbocycles. The van der Waals surface area contributed by atoms with Crippen LogP contribution in [-0.4, -0.2) is 33.4 Å². The van der Waals surface area contributed by atoms with Crippen molar-refractivity contribution in [2.45, 2.75) is 25.4 Å². The van der Waals surface area contributed by atoms with Gasteiger partial charge in [0.15, 0.2) is 11.0 Å². The number of ether oxygens (including phenoxy) is 1. The number of fused-ring (bicyclic) bond motifs is 1. The largest absolute Gasteiger partial charge is 0.494 e. The molecule has 0 unspecified atom stereocenters. The average molecular weight is 346 g/mol. The van der Waals surface area contributed by atoms with Gasteiger partial charge in [-0.2, -0.15) is 0 Å². The molecule has 0 aliphatic heterocycles. The Hall–Kier alpha value is -2.48. The fraction of sp³-hybridized carbons (Fsp3) is 0.312. The minimum atomic E-state index is -0.106. The lowest BCUT2D eigenvalue weighted by molar-refractivity contribution is -0.115. The molecular weight excluding hydrogens is 328 g/mol. The van der Waals surface area contributed by atoms with Gasteiger partial charge >= 0.3 is 0 Å². The van der Waals surface area contributed by atoms with Crippen molar-refractivity contribution in [3.63, 3.8) is 0 Å². The normalized spacial score (nSPS) is 10.9. The number of amides is 1. The van der Waals surface area contributed by atoms with Gasteiger partial charge < -0.3 is 19.6 Å². The number of nitrogens with zero attached hydrogens (tertiary/aromatic N) is 2. The van der Waals surface area contributed by atoms with Crippen LogP contribution in [0.1, 0.15) is 19.1 Å². The molecule has 1 aromatic carbocycles. The van der Waals surface area contributed by atoms with Crippen LogP contribution in [0.5, 0.6) is 5.75 Å². The lowest BCUT2D eigenvalue weighted by Crippen LogP contribution is -2.12. The van der Waals surface area contributed by atoms with Gasteiger partial charge in [0.05, 0.1) is 17.6 Å². The Morgan fingerprint density at radius 3 is 3.04 bits per heavy atom. The van der Waals surface area contributed by atoms with Crippen LogP contribution in [0, 0.1) is 6.92 Å². The van der Waals surface area contributed by atoms with Crippen molar-refractivity contribution in [2.24, 2.45) is 0 Å². The summed E-state index contributed by atoms with van der Waals surface area (Å²) >= 11 is 1.50. The van der Waals surface area contributed by atoms with E-state index < -0.39 is 0 Å². The molecule has 24 heavy (non-hydrogen) atoms. The maximum Gasteiger partial charge on any atom is 0.226 e. The van der Waals surface area contributed by atoms with Gasteiger partial charge in [-0.1, -0.05) is 16.9 Å². The van der Waals surface area contributed by atoms with E-state index in [1.54, 1.807) is 13.0 Å². The van der Waals surface area contributed by atoms with Crippen LogP contribution >= 0.6 is 11.8 Å². The molecule has 0 fully saturated rings. The van der Waals surface area contributed by atoms with E-state index in [4.69, 9.17) is 9.26 Å². The molecular formula is C16H18N4O3S. The smallest absolute Gasteiger partial charge is 0.226 e. The Labute approximate surface area is 143 Å². The number of rotatable bonds is 7. The number of carbonyl (C=O) groups excluding carboxylic acids is 1. The SMILES string of the molecule is CCOc1ccc2nc(SCCC(=O)Nc3cc(C)on3)[nH]c2c1. The maximum absolute atomic E-state index is 11.8. The Balaban J connectivity index is 1.52. The van der Waals surface area contributed by atoms with Crippen LogP contribution in [0.15, 0.2) is 33.9 Å². The minimum Gasteiger partial charge on any atom is -0.494 e. The van der Waals surface area contributed by atoms with E-state index in [1.165, 1.54) is 11.8 Å². The van der Waals surface area contributed by atoms with Gasteiger partial charge in [0.25, 0.3) is 0 Å². The van der Waals surface area contributed by atoms with Crippen molar-refractivity contribution in [2.75, 3.05) is 17.7 Å². The van der Waals surface area contributed by atoms with Crippen molar-refractivity contribution < 1.29 is 14.1 Å². The number of anilines is 1. The number of aromatic nitrogens is 3. The predicted molar refractivity (Wildman–Crippen MR) is 92.5 cm³/mol. The molecule has 0 radical (unpaired) electrons. The predicted octanol–water partition coefficient (Wildman–Crippen LogP) is 3.38. The molecule has 126 valence electrons. The highest BCUT2D eigenvalue weighted by atomic mass is 32.2. The fourth-order valence-electron chi connectivity index (χ4n) is 2.16. The highest BCUT2D eigenvalue weighted by Gasteiger charge is 2.08.